The van der Waals surface area contributed by atoms with Crippen molar-refractivity contribution >= 4 is 0 Å². The van der Waals surface area contributed by atoms with Crippen molar-refractivity contribution in [2.45, 2.75) is 32.5 Å². The molecular weight excluding hydrogens is 243 g/mol. The maximum atomic E-state index is 12.0. The van der Waals surface area contributed by atoms with Crippen molar-refractivity contribution in [3.8, 4) is 5.75 Å². The molecule has 0 bridgehead atoms. The van der Waals surface area contributed by atoms with Crippen LogP contribution in [0.1, 0.15) is 31.9 Å². The number of benzene rings is 1. The Hall–Kier alpha value is -1.23. The molecule has 0 aliphatic rings. The van der Waals surface area contributed by atoms with Gasteiger partial charge in [-0.2, -0.15) is 13.2 Å². The van der Waals surface area contributed by atoms with Crippen LogP contribution in [0, 0.1) is 0 Å². The number of ether oxygens (including phenoxy) is 1. The molecule has 1 N–H and O–H groups in total. The average Bonchev–Trinajstić information content (AvgIpc) is 2.33. The van der Waals surface area contributed by atoms with Gasteiger partial charge in [-0.3, -0.25) is 0 Å². The van der Waals surface area contributed by atoms with E-state index in [-0.39, 0.29) is 11.8 Å². The molecule has 0 saturated heterocycles. The zero-order valence-corrected chi connectivity index (χ0v) is 10.6. The third-order valence-electron chi connectivity index (χ3n) is 2.54. The zero-order valence-electron chi connectivity index (χ0n) is 10.6. The lowest BCUT2D eigenvalue weighted by molar-refractivity contribution is -0.153. The van der Waals surface area contributed by atoms with E-state index in [1.165, 1.54) is 0 Å². The lowest BCUT2D eigenvalue weighted by Crippen LogP contribution is -2.20. The molecule has 1 unspecified atom stereocenters. The fourth-order valence-electron chi connectivity index (χ4n) is 1.71. The second kappa shape index (κ2) is 6.64. The zero-order chi connectivity index (χ0) is 13.6. The Kier molecular flexibility index (Phi) is 5.47. The van der Waals surface area contributed by atoms with E-state index in [0.29, 0.717) is 0 Å². The molecule has 102 valence electrons. The predicted molar refractivity (Wildman–Crippen MR) is 64.7 cm³/mol. The van der Waals surface area contributed by atoms with Crippen LogP contribution in [0.5, 0.6) is 5.75 Å². The van der Waals surface area contributed by atoms with E-state index in [1.54, 1.807) is 24.3 Å². The molecule has 1 atom stereocenters. The number of hydrogen-bond acceptors (Lipinski definition) is 2. The van der Waals surface area contributed by atoms with Crippen LogP contribution < -0.4 is 10.1 Å². The van der Waals surface area contributed by atoms with E-state index in [2.05, 4.69) is 17.0 Å². The molecule has 1 aromatic rings. The second-order valence-corrected chi connectivity index (χ2v) is 3.99. The van der Waals surface area contributed by atoms with Gasteiger partial charge >= 0.3 is 6.18 Å². The quantitative estimate of drug-likeness (QED) is 0.843. The lowest BCUT2D eigenvalue weighted by Gasteiger charge is -2.16. The average molecular weight is 261 g/mol. The molecule has 0 radical (unpaired) electrons. The Labute approximate surface area is 105 Å². The van der Waals surface area contributed by atoms with E-state index in [4.69, 9.17) is 0 Å². The maximum Gasteiger partial charge on any atom is 0.422 e. The van der Waals surface area contributed by atoms with Crippen LogP contribution in [0.3, 0.4) is 0 Å². The van der Waals surface area contributed by atoms with Gasteiger partial charge in [0.2, 0.25) is 0 Å². The summed E-state index contributed by atoms with van der Waals surface area (Å²) in [5.74, 6) is 0.238. The van der Waals surface area contributed by atoms with Crippen LogP contribution in [-0.4, -0.2) is 19.3 Å². The molecule has 0 heterocycles. The van der Waals surface area contributed by atoms with Gasteiger partial charge in [-0.15, -0.1) is 0 Å². The van der Waals surface area contributed by atoms with E-state index in [0.717, 1.165) is 18.5 Å². The van der Waals surface area contributed by atoms with Gasteiger partial charge in [-0.1, -0.05) is 26.0 Å². The lowest BCUT2D eigenvalue weighted by atomic mass is 10.0. The fraction of sp³-hybridized carbons (Fsp3) is 0.538. The summed E-state index contributed by atoms with van der Waals surface area (Å²) < 4.78 is 40.6. The molecular formula is C13H18F3NO. The number of rotatable bonds is 6. The summed E-state index contributed by atoms with van der Waals surface area (Å²) in [5, 5.41) is 3.30. The first-order valence-corrected chi connectivity index (χ1v) is 5.99. The van der Waals surface area contributed by atoms with Crippen LogP contribution in [0.15, 0.2) is 24.3 Å². The predicted octanol–water partition coefficient (Wildman–Crippen LogP) is 3.69. The normalized spacial score (nSPS) is 13.4. The van der Waals surface area contributed by atoms with Crippen molar-refractivity contribution in [2.75, 3.05) is 13.2 Å². The summed E-state index contributed by atoms with van der Waals surface area (Å²) in [6.07, 6.45) is -3.37. The summed E-state index contributed by atoms with van der Waals surface area (Å²) in [7, 11) is 0. The third-order valence-corrected chi connectivity index (χ3v) is 2.54. The summed E-state index contributed by atoms with van der Waals surface area (Å²) in [6.45, 7) is 3.67. The van der Waals surface area contributed by atoms with Gasteiger partial charge < -0.3 is 10.1 Å². The van der Waals surface area contributed by atoms with Crippen LogP contribution >= 0.6 is 0 Å². The van der Waals surface area contributed by atoms with Crippen LogP contribution in [-0.2, 0) is 0 Å². The van der Waals surface area contributed by atoms with E-state index >= 15 is 0 Å². The summed E-state index contributed by atoms with van der Waals surface area (Å²) >= 11 is 0. The minimum atomic E-state index is -4.30. The summed E-state index contributed by atoms with van der Waals surface area (Å²) in [4.78, 5) is 0. The van der Waals surface area contributed by atoms with Crippen LogP contribution in [0.4, 0.5) is 13.2 Å². The van der Waals surface area contributed by atoms with Gasteiger partial charge in [0.25, 0.3) is 0 Å². The monoisotopic (exact) mass is 261 g/mol. The second-order valence-electron chi connectivity index (χ2n) is 3.99. The molecule has 0 aliphatic carbocycles. The van der Waals surface area contributed by atoms with Crippen molar-refractivity contribution < 1.29 is 17.9 Å². The maximum absolute atomic E-state index is 12.0. The minimum Gasteiger partial charge on any atom is -0.484 e. The molecule has 0 spiro atoms. The molecule has 0 aliphatic heterocycles. The van der Waals surface area contributed by atoms with Gasteiger partial charge in [0, 0.05) is 6.04 Å². The van der Waals surface area contributed by atoms with Crippen molar-refractivity contribution in [3.63, 3.8) is 0 Å². The minimum absolute atomic E-state index is 0.228. The highest BCUT2D eigenvalue weighted by molar-refractivity contribution is 5.29. The largest absolute Gasteiger partial charge is 0.484 e. The van der Waals surface area contributed by atoms with Gasteiger partial charge in [0.05, 0.1) is 0 Å². The van der Waals surface area contributed by atoms with E-state index in [9.17, 15) is 13.2 Å². The number of hydrogen-bond donors (Lipinski definition) is 1. The Morgan fingerprint density at radius 1 is 1.17 bits per heavy atom. The van der Waals surface area contributed by atoms with Crippen molar-refractivity contribution in [1.29, 1.82) is 0 Å². The first-order chi connectivity index (χ1) is 8.46. The first kappa shape index (κ1) is 14.8. The SMILES string of the molecule is CCNC(CC)c1ccc(OCC(F)(F)F)cc1. The highest BCUT2D eigenvalue weighted by Gasteiger charge is 2.28. The van der Waals surface area contributed by atoms with Crippen molar-refractivity contribution in [3.05, 3.63) is 29.8 Å². The van der Waals surface area contributed by atoms with Crippen LogP contribution in [0.2, 0.25) is 0 Å². The van der Waals surface area contributed by atoms with Gasteiger partial charge in [-0.05, 0) is 30.7 Å². The third kappa shape index (κ3) is 4.96. The molecule has 0 fully saturated rings. The Morgan fingerprint density at radius 3 is 2.22 bits per heavy atom. The Balaban J connectivity index is 2.61. The summed E-state index contributed by atoms with van der Waals surface area (Å²) in [5.41, 5.74) is 1.05. The molecule has 0 aromatic heterocycles. The van der Waals surface area contributed by atoms with Gasteiger partial charge in [0.15, 0.2) is 6.61 Å². The Morgan fingerprint density at radius 2 is 1.78 bits per heavy atom. The Bertz CT molecular complexity index is 348. The molecule has 2 nitrogen and oxygen atoms in total. The molecule has 0 amide bonds. The van der Waals surface area contributed by atoms with Gasteiger partial charge in [0.1, 0.15) is 5.75 Å². The van der Waals surface area contributed by atoms with Gasteiger partial charge in [-0.25, -0.2) is 0 Å². The molecule has 5 heteroatoms. The topological polar surface area (TPSA) is 21.3 Å². The highest BCUT2D eigenvalue weighted by atomic mass is 19.4. The molecule has 1 aromatic carbocycles. The van der Waals surface area contributed by atoms with E-state index in [1.807, 2.05) is 6.92 Å². The number of nitrogens with one attached hydrogen (secondary N) is 1. The molecule has 18 heavy (non-hydrogen) atoms. The number of halogens is 3. The van der Waals surface area contributed by atoms with Crippen LogP contribution in [0.25, 0.3) is 0 Å². The molecule has 1 rings (SSSR count). The van der Waals surface area contributed by atoms with Crippen molar-refractivity contribution in [1.82, 2.24) is 5.32 Å². The van der Waals surface area contributed by atoms with Crippen molar-refractivity contribution in [2.24, 2.45) is 0 Å². The van der Waals surface area contributed by atoms with E-state index < -0.39 is 12.8 Å². The smallest absolute Gasteiger partial charge is 0.422 e. The number of alkyl halides is 3. The molecule has 0 saturated carbocycles. The summed E-state index contributed by atoms with van der Waals surface area (Å²) in [6, 6.07) is 6.96. The highest BCUT2D eigenvalue weighted by Crippen LogP contribution is 2.22. The fourth-order valence-corrected chi connectivity index (χ4v) is 1.71. The first-order valence-electron chi connectivity index (χ1n) is 5.99. The standard InChI is InChI=1S/C13H18F3NO/c1-3-12(17-4-2)10-5-7-11(8-6-10)18-9-13(14,15)16/h5-8,12,17H,3-4,9H2,1-2H3.